The average Bonchev–Trinajstić information content (AvgIpc) is 2.97. The molecule has 40 heavy (non-hydrogen) atoms. The quantitative estimate of drug-likeness (QED) is 0.436. The largest absolute Gasteiger partial charge is 0.389 e. The fraction of sp³-hybridized carbons (Fsp3) is 0.531. The van der Waals surface area contributed by atoms with E-state index in [1.54, 1.807) is 4.90 Å². The summed E-state index contributed by atoms with van der Waals surface area (Å²) in [4.78, 5) is 16.4. The van der Waals surface area contributed by atoms with E-state index >= 15 is 0 Å². The Morgan fingerprint density at radius 3 is 2.38 bits per heavy atom. The summed E-state index contributed by atoms with van der Waals surface area (Å²) in [6.45, 7) is 7.86. The number of likely N-dealkylation sites (tertiary alicyclic amines) is 2. The van der Waals surface area contributed by atoms with Gasteiger partial charge in [0.15, 0.2) is 0 Å². The number of aliphatic hydroxyl groups excluding tert-OH is 1. The van der Waals surface area contributed by atoms with Crippen LogP contribution in [-0.2, 0) is 4.79 Å². The lowest BCUT2D eigenvalue weighted by Gasteiger charge is -2.44. The standard InChI is InChI=1S/C30H37F2N3O3.C2H6/c31-23-17-21(18-24(32)19-23)5-6-29(37)35-15-10-30(38,11-16-35)28(36)20-34-13-8-22(9-14-34)25-7-12-33-27-4-2-1-3-26(25)27;1-2/h1-6,17-19,22,25,28,33,36,38H,7-16,20H2;1-2H3/b6-5+;. The topological polar surface area (TPSA) is 76.0 Å². The van der Waals surface area contributed by atoms with Gasteiger partial charge in [0, 0.05) is 44.0 Å². The summed E-state index contributed by atoms with van der Waals surface area (Å²) in [5.41, 5.74) is 1.71. The first-order valence-electron chi connectivity index (χ1n) is 14.7. The molecule has 0 radical (unpaired) electrons. The van der Waals surface area contributed by atoms with Crippen LogP contribution < -0.4 is 5.32 Å². The normalized spacial score (nSPS) is 22.1. The molecule has 3 aliphatic rings. The molecule has 3 N–H and O–H groups in total. The van der Waals surface area contributed by atoms with Crippen LogP contribution >= 0.6 is 0 Å². The molecular weight excluding hydrogens is 512 g/mol. The summed E-state index contributed by atoms with van der Waals surface area (Å²) in [6.07, 6.45) is 5.66. The molecule has 2 fully saturated rings. The molecular formula is C32H43F2N3O3. The van der Waals surface area contributed by atoms with Gasteiger partial charge in [0.25, 0.3) is 0 Å². The number of benzene rings is 2. The van der Waals surface area contributed by atoms with Crippen LogP contribution in [0.3, 0.4) is 0 Å². The summed E-state index contributed by atoms with van der Waals surface area (Å²) < 4.78 is 26.7. The monoisotopic (exact) mass is 555 g/mol. The van der Waals surface area contributed by atoms with Crippen LogP contribution in [0.4, 0.5) is 14.5 Å². The highest BCUT2D eigenvalue weighted by atomic mass is 19.1. The van der Waals surface area contributed by atoms with E-state index < -0.39 is 23.3 Å². The number of rotatable bonds is 6. The van der Waals surface area contributed by atoms with E-state index in [4.69, 9.17) is 0 Å². The van der Waals surface area contributed by atoms with E-state index in [0.717, 1.165) is 57.1 Å². The number of piperidine rings is 2. The van der Waals surface area contributed by atoms with Crippen LogP contribution in [-0.4, -0.2) is 76.9 Å². The van der Waals surface area contributed by atoms with Gasteiger partial charge in [-0.2, -0.15) is 0 Å². The average molecular weight is 556 g/mol. The number of fused-ring (bicyclic) bond motifs is 1. The summed E-state index contributed by atoms with van der Waals surface area (Å²) >= 11 is 0. The molecule has 0 aliphatic carbocycles. The van der Waals surface area contributed by atoms with Crippen LogP contribution in [0.5, 0.6) is 0 Å². The zero-order valence-electron chi connectivity index (χ0n) is 23.7. The Morgan fingerprint density at radius 2 is 1.70 bits per heavy atom. The third-order valence-electron chi connectivity index (χ3n) is 8.63. The van der Waals surface area contributed by atoms with Gasteiger partial charge < -0.3 is 25.3 Å². The third-order valence-corrected chi connectivity index (χ3v) is 8.63. The number of β-amino-alcohol motifs (C(OH)–C–C–N with tert-alkyl or cyclic N) is 1. The highest BCUT2D eigenvalue weighted by Gasteiger charge is 2.41. The molecule has 2 aromatic rings. The predicted molar refractivity (Wildman–Crippen MR) is 155 cm³/mol. The minimum Gasteiger partial charge on any atom is -0.389 e. The second-order valence-corrected chi connectivity index (χ2v) is 11.0. The number of hydrogen-bond donors (Lipinski definition) is 3. The number of aliphatic hydroxyl groups is 2. The third kappa shape index (κ3) is 7.28. The van der Waals surface area contributed by atoms with Gasteiger partial charge in [0.2, 0.25) is 5.91 Å². The van der Waals surface area contributed by atoms with Gasteiger partial charge in [0.05, 0.1) is 11.7 Å². The van der Waals surface area contributed by atoms with Crippen LogP contribution in [0.25, 0.3) is 6.08 Å². The van der Waals surface area contributed by atoms with Gasteiger partial charge in [-0.25, -0.2) is 8.78 Å². The fourth-order valence-corrected chi connectivity index (χ4v) is 6.33. The molecule has 218 valence electrons. The van der Waals surface area contributed by atoms with Crippen molar-refractivity contribution in [1.82, 2.24) is 9.80 Å². The lowest BCUT2D eigenvalue weighted by molar-refractivity contribution is -0.140. The lowest BCUT2D eigenvalue weighted by atomic mass is 9.76. The molecule has 0 aromatic heterocycles. The number of para-hydroxylation sites is 1. The van der Waals surface area contributed by atoms with Gasteiger partial charge in [-0.1, -0.05) is 32.0 Å². The number of hydrogen-bond acceptors (Lipinski definition) is 5. The summed E-state index contributed by atoms with van der Waals surface area (Å²) in [5, 5.41) is 25.7. The van der Waals surface area contributed by atoms with E-state index in [1.165, 1.54) is 23.4 Å². The Morgan fingerprint density at radius 1 is 1.05 bits per heavy atom. The van der Waals surface area contributed by atoms with Crippen molar-refractivity contribution >= 4 is 17.7 Å². The van der Waals surface area contributed by atoms with Crippen molar-refractivity contribution < 1.29 is 23.8 Å². The minimum atomic E-state index is -1.24. The Hall–Kier alpha value is -2.81. The van der Waals surface area contributed by atoms with Crippen molar-refractivity contribution in [3.05, 3.63) is 71.3 Å². The van der Waals surface area contributed by atoms with Crippen LogP contribution in [0.2, 0.25) is 0 Å². The van der Waals surface area contributed by atoms with Gasteiger partial charge >= 0.3 is 0 Å². The molecule has 1 amide bonds. The number of carbonyl (C=O) groups is 1. The SMILES string of the molecule is CC.O=C(/C=C/c1cc(F)cc(F)c1)N1CCC(O)(C(O)CN2CCC(C3CCNc4ccccc43)CC2)CC1. The first-order chi connectivity index (χ1) is 19.3. The molecule has 2 saturated heterocycles. The van der Waals surface area contributed by atoms with Crippen molar-refractivity contribution in [2.45, 2.75) is 63.6 Å². The summed E-state index contributed by atoms with van der Waals surface area (Å²) in [5.74, 6) is -0.488. The lowest BCUT2D eigenvalue weighted by Crippen LogP contribution is -2.56. The Labute approximate surface area is 236 Å². The molecule has 3 heterocycles. The van der Waals surface area contributed by atoms with Crippen molar-refractivity contribution in [3.8, 4) is 0 Å². The molecule has 0 spiro atoms. The van der Waals surface area contributed by atoms with Crippen molar-refractivity contribution in [3.63, 3.8) is 0 Å². The Bertz CT molecular complexity index is 1140. The van der Waals surface area contributed by atoms with E-state index in [2.05, 4.69) is 34.5 Å². The van der Waals surface area contributed by atoms with E-state index in [-0.39, 0.29) is 24.3 Å². The molecule has 0 saturated carbocycles. The van der Waals surface area contributed by atoms with Crippen molar-refractivity contribution in [2.75, 3.05) is 44.6 Å². The molecule has 2 atom stereocenters. The first kappa shape index (κ1) is 30.2. The molecule has 0 bridgehead atoms. The number of nitrogens with one attached hydrogen (secondary N) is 1. The zero-order valence-corrected chi connectivity index (χ0v) is 23.7. The van der Waals surface area contributed by atoms with Gasteiger partial charge in [-0.3, -0.25) is 4.79 Å². The molecule has 5 rings (SSSR count). The Kier molecular flexibility index (Phi) is 10.3. The van der Waals surface area contributed by atoms with E-state index in [0.29, 0.717) is 31.5 Å². The highest BCUT2D eigenvalue weighted by molar-refractivity contribution is 5.91. The number of carbonyl (C=O) groups excluding carboxylic acids is 1. The molecule has 6 nitrogen and oxygen atoms in total. The zero-order chi connectivity index (χ0) is 28.7. The van der Waals surface area contributed by atoms with Crippen LogP contribution in [0.1, 0.15) is 63.0 Å². The summed E-state index contributed by atoms with van der Waals surface area (Å²) in [6, 6.07) is 11.7. The van der Waals surface area contributed by atoms with E-state index in [9.17, 15) is 23.8 Å². The molecule has 2 aromatic carbocycles. The highest BCUT2D eigenvalue weighted by Crippen LogP contribution is 2.41. The predicted octanol–water partition coefficient (Wildman–Crippen LogP) is 5.03. The molecule has 3 aliphatic heterocycles. The second-order valence-electron chi connectivity index (χ2n) is 11.0. The number of amides is 1. The van der Waals surface area contributed by atoms with Gasteiger partial charge in [0.1, 0.15) is 11.6 Å². The minimum absolute atomic E-state index is 0.271. The maximum atomic E-state index is 13.4. The molecule has 2 unspecified atom stereocenters. The number of nitrogens with zero attached hydrogens (tertiary/aromatic N) is 2. The van der Waals surface area contributed by atoms with Crippen LogP contribution in [0.15, 0.2) is 48.5 Å². The summed E-state index contributed by atoms with van der Waals surface area (Å²) in [7, 11) is 0. The van der Waals surface area contributed by atoms with Crippen LogP contribution in [0, 0.1) is 17.6 Å². The van der Waals surface area contributed by atoms with Crippen molar-refractivity contribution in [1.29, 1.82) is 0 Å². The Balaban J connectivity index is 0.00000181. The van der Waals surface area contributed by atoms with Gasteiger partial charge in [-0.15, -0.1) is 0 Å². The van der Waals surface area contributed by atoms with Gasteiger partial charge in [-0.05, 0) is 92.4 Å². The maximum Gasteiger partial charge on any atom is 0.246 e. The smallest absolute Gasteiger partial charge is 0.246 e. The maximum absolute atomic E-state index is 13.4. The van der Waals surface area contributed by atoms with Crippen molar-refractivity contribution in [2.24, 2.45) is 5.92 Å². The van der Waals surface area contributed by atoms with E-state index in [1.807, 2.05) is 13.8 Å². The fourth-order valence-electron chi connectivity index (χ4n) is 6.33. The number of anilines is 1. The molecule has 8 heteroatoms. The first-order valence-corrected chi connectivity index (χ1v) is 14.7. The number of halogens is 2. The second kappa shape index (κ2) is 13.7.